The van der Waals surface area contributed by atoms with Gasteiger partial charge in [0.05, 0.1) is 10.6 Å². The number of thiophene rings is 1. The van der Waals surface area contributed by atoms with E-state index in [1.807, 2.05) is 47.7 Å². The van der Waals surface area contributed by atoms with Gasteiger partial charge < -0.3 is 4.90 Å². The van der Waals surface area contributed by atoms with E-state index in [0.717, 1.165) is 46.9 Å². The third-order valence-electron chi connectivity index (χ3n) is 4.76. The highest BCUT2D eigenvalue weighted by atomic mass is 32.1. The van der Waals surface area contributed by atoms with E-state index in [0.29, 0.717) is 6.54 Å². The zero-order valence-corrected chi connectivity index (χ0v) is 15.4. The first kappa shape index (κ1) is 16.8. The van der Waals surface area contributed by atoms with Crippen molar-refractivity contribution in [3.05, 3.63) is 64.6 Å². The number of aryl methyl sites for hydroxylation is 1. The molecule has 26 heavy (non-hydrogen) atoms. The lowest BCUT2D eigenvalue weighted by Gasteiger charge is -2.33. The van der Waals surface area contributed by atoms with E-state index in [9.17, 15) is 4.79 Å². The average Bonchev–Trinajstić information content (AvgIpc) is 3.23. The van der Waals surface area contributed by atoms with Gasteiger partial charge in [-0.25, -0.2) is 9.97 Å². The number of rotatable bonds is 3. The summed E-state index contributed by atoms with van der Waals surface area (Å²) in [6.07, 6.45) is 7.48. The maximum atomic E-state index is 12.8. The summed E-state index contributed by atoms with van der Waals surface area (Å²) < 4.78 is 0. The van der Waals surface area contributed by atoms with Crippen LogP contribution in [0, 0.1) is 6.92 Å². The van der Waals surface area contributed by atoms with Crippen molar-refractivity contribution < 1.29 is 4.79 Å². The largest absolute Gasteiger partial charge is 0.337 e. The Morgan fingerprint density at radius 2 is 2.12 bits per heavy atom. The van der Waals surface area contributed by atoms with E-state index < -0.39 is 0 Å². The van der Waals surface area contributed by atoms with Crippen molar-refractivity contribution >= 4 is 17.2 Å². The molecule has 1 atom stereocenters. The molecule has 132 valence electrons. The smallest absolute Gasteiger partial charge is 0.263 e. The maximum absolute atomic E-state index is 12.8. The Kier molecular flexibility index (Phi) is 4.75. The molecule has 1 unspecified atom stereocenters. The first-order valence-corrected chi connectivity index (χ1v) is 9.67. The van der Waals surface area contributed by atoms with Crippen molar-refractivity contribution in [3.63, 3.8) is 0 Å². The molecule has 0 radical (unpaired) electrons. The molecule has 5 nitrogen and oxygen atoms in total. The van der Waals surface area contributed by atoms with Gasteiger partial charge in [-0.2, -0.15) is 0 Å². The predicted molar refractivity (Wildman–Crippen MR) is 102 cm³/mol. The summed E-state index contributed by atoms with van der Waals surface area (Å²) in [5.74, 6) is 1.11. The predicted octanol–water partition coefficient (Wildman–Crippen LogP) is 3.93. The standard InChI is InChI=1S/C20H20N4OS/c1-14-22-12-17(15-6-8-21-9-7-15)19(23-14)16-4-2-10-24(13-16)20(25)18-5-3-11-26-18/h3,5-9,11-12,16H,2,4,10,13H2,1H3. The molecule has 3 aromatic rings. The van der Waals surface area contributed by atoms with Gasteiger partial charge in [-0.1, -0.05) is 6.07 Å². The van der Waals surface area contributed by atoms with Crippen molar-refractivity contribution in [2.24, 2.45) is 0 Å². The first-order chi connectivity index (χ1) is 12.7. The van der Waals surface area contributed by atoms with Crippen LogP contribution >= 0.6 is 11.3 Å². The molecule has 0 spiro atoms. The highest BCUT2D eigenvalue weighted by Crippen LogP contribution is 2.33. The van der Waals surface area contributed by atoms with Crippen molar-refractivity contribution in [2.45, 2.75) is 25.7 Å². The van der Waals surface area contributed by atoms with Crippen molar-refractivity contribution in [1.82, 2.24) is 19.9 Å². The molecule has 0 bridgehead atoms. The fourth-order valence-corrected chi connectivity index (χ4v) is 4.18. The third kappa shape index (κ3) is 3.37. The van der Waals surface area contributed by atoms with E-state index in [4.69, 9.17) is 4.98 Å². The summed E-state index contributed by atoms with van der Waals surface area (Å²) in [4.78, 5) is 28.8. The molecule has 1 fully saturated rings. The lowest BCUT2D eigenvalue weighted by molar-refractivity contribution is 0.0711. The number of pyridine rings is 1. The molecule has 4 heterocycles. The number of carbonyl (C=O) groups is 1. The van der Waals surface area contributed by atoms with Gasteiger partial charge in [0, 0.05) is 43.2 Å². The third-order valence-corrected chi connectivity index (χ3v) is 5.62. The number of hydrogen-bond donors (Lipinski definition) is 0. The van der Waals surface area contributed by atoms with Crippen LogP contribution in [0.2, 0.25) is 0 Å². The molecule has 3 aromatic heterocycles. The fraction of sp³-hybridized carbons (Fsp3) is 0.300. The van der Waals surface area contributed by atoms with Crippen molar-refractivity contribution in [2.75, 3.05) is 13.1 Å². The second kappa shape index (κ2) is 7.33. The van der Waals surface area contributed by atoms with Gasteiger partial charge >= 0.3 is 0 Å². The Bertz CT molecular complexity index is 895. The lowest BCUT2D eigenvalue weighted by Crippen LogP contribution is -2.39. The second-order valence-electron chi connectivity index (χ2n) is 6.52. The van der Waals surface area contributed by atoms with Crippen LogP contribution in [0.5, 0.6) is 0 Å². The molecular weight excluding hydrogens is 344 g/mol. The molecule has 1 aliphatic heterocycles. The van der Waals surface area contributed by atoms with Gasteiger partial charge in [-0.15, -0.1) is 11.3 Å². The summed E-state index contributed by atoms with van der Waals surface area (Å²) in [5, 5.41) is 1.95. The monoisotopic (exact) mass is 364 g/mol. The molecule has 1 aliphatic rings. The molecule has 4 rings (SSSR count). The highest BCUT2D eigenvalue weighted by Gasteiger charge is 2.28. The second-order valence-corrected chi connectivity index (χ2v) is 7.47. The Hall–Kier alpha value is -2.60. The molecular formula is C20H20N4OS. The zero-order valence-electron chi connectivity index (χ0n) is 14.6. The van der Waals surface area contributed by atoms with Gasteiger partial charge in [0.15, 0.2) is 0 Å². The minimum Gasteiger partial charge on any atom is -0.337 e. The average molecular weight is 364 g/mol. The van der Waals surface area contributed by atoms with E-state index in [-0.39, 0.29) is 11.8 Å². The number of hydrogen-bond acceptors (Lipinski definition) is 5. The molecule has 0 aromatic carbocycles. The van der Waals surface area contributed by atoms with E-state index in [2.05, 4.69) is 9.97 Å². The number of amides is 1. The molecule has 0 saturated carbocycles. The zero-order chi connectivity index (χ0) is 17.9. The summed E-state index contributed by atoms with van der Waals surface area (Å²) in [7, 11) is 0. The van der Waals surface area contributed by atoms with Gasteiger partial charge in [0.25, 0.3) is 5.91 Å². The van der Waals surface area contributed by atoms with Crippen molar-refractivity contribution in [1.29, 1.82) is 0 Å². The quantitative estimate of drug-likeness (QED) is 0.706. The number of likely N-dealkylation sites (tertiary alicyclic amines) is 1. The van der Waals surface area contributed by atoms with E-state index in [1.165, 1.54) is 11.3 Å². The molecule has 0 aliphatic carbocycles. The van der Waals surface area contributed by atoms with Crippen LogP contribution in [0.4, 0.5) is 0 Å². The van der Waals surface area contributed by atoms with E-state index in [1.54, 1.807) is 12.4 Å². The van der Waals surface area contributed by atoms with Crippen LogP contribution < -0.4 is 0 Å². The SMILES string of the molecule is Cc1ncc(-c2ccncc2)c(C2CCCN(C(=O)c3cccs3)C2)n1. The van der Waals surface area contributed by atoms with Gasteiger partial charge in [0.1, 0.15) is 5.82 Å². The summed E-state index contributed by atoms with van der Waals surface area (Å²) in [6, 6.07) is 7.78. The lowest BCUT2D eigenvalue weighted by atomic mass is 9.90. The van der Waals surface area contributed by atoms with Gasteiger partial charge in [-0.05, 0) is 48.9 Å². The van der Waals surface area contributed by atoms with Crippen LogP contribution in [0.25, 0.3) is 11.1 Å². The molecule has 1 amide bonds. The van der Waals surface area contributed by atoms with Crippen molar-refractivity contribution in [3.8, 4) is 11.1 Å². The van der Waals surface area contributed by atoms with Gasteiger partial charge in [0.2, 0.25) is 0 Å². The fourth-order valence-electron chi connectivity index (χ4n) is 3.49. The highest BCUT2D eigenvalue weighted by molar-refractivity contribution is 7.12. The van der Waals surface area contributed by atoms with E-state index >= 15 is 0 Å². The van der Waals surface area contributed by atoms with Crippen LogP contribution in [0.1, 0.15) is 39.9 Å². The summed E-state index contributed by atoms with van der Waals surface area (Å²) >= 11 is 1.50. The molecule has 1 saturated heterocycles. The number of piperidine rings is 1. The number of nitrogens with zero attached hydrogens (tertiary/aromatic N) is 4. The van der Waals surface area contributed by atoms with Crippen LogP contribution in [0.3, 0.4) is 0 Å². The number of carbonyl (C=O) groups excluding carboxylic acids is 1. The van der Waals surface area contributed by atoms with Gasteiger partial charge in [-0.3, -0.25) is 9.78 Å². The number of aromatic nitrogens is 3. The minimum atomic E-state index is 0.126. The first-order valence-electron chi connectivity index (χ1n) is 8.79. The minimum absolute atomic E-state index is 0.126. The maximum Gasteiger partial charge on any atom is 0.263 e. The molecule has 0 N–H and O–H groups in total. The van der Waals surface area contributed by atoms with Crippen LogP contribution in [-0.4, -0.2) is 38.8 Å². The summed E-state index contributed by atoms with van der Waals surface area (Å²) in [6.45, 7) is 3.42. The Morgan fingerprint density at radius 1 is 1.27 bits per heavy atom. The normalized spacial score (nSPS) is 17.3. The molecule has 6 heteroatoms. The Morgan fingerprint density at radius 3 is 2.88 bits per heavy atom. The Balaban J connectivity index is 1.65. The van der Waals surface area contributed by atoms with Crippen LogP contribution in [-0.2, 0) is 0 Å². The topological polar surface area (TPSA) is 59.0 Å². The summed E-state index contributed by atoms with van der Waals surface area (Å²) in [5.41, 5.74) is 3.14. The van der Waals surface area contributed by atoms with Crippen LogP contribution in [0.15, 0.2) is 48.2 Å². The Labute approximate surface area is 156 Å².